The Labute approximate surface area is 149 Å². The van der Waals surface area contributed by atoms with Crippen molar-refractivity contribution in [3.8, 4) is 11.5 Å². The molecular weight excluding hydrogens is 333 g/mol. The van der Waals surface area contributed by atoms with Crippen LogP contribution in [0.25, 0.3) is 22.5 Å². The van der Waals surface area contributed by atoms with E-state index in [0.29, 0.717) is 40.7 Å². The number of hydrogen-bond donors (Lipinski definition) is 1. The number of halogens is 1. The van der Waals surface area contributed by atoms with Gasteiger partial charge in [-0.3, -0.25) is 0 Å². The van der Waals surface area contributed by atoms with E-state index in [2.05, 4.69) is 25.4 Å². The number of anilines is 2. The van der Waals surface area contributed by atoms with E-state index in [0.717, 1.165) is 11.1 Å². The van der Waals surface area contributed by atoms with Crippen molar-refractivity contribution in [2.75, 3.05) is 5.32 Å². The molecule has 0 aliphatic heterocycles. The molecule has 0 aliphatic carbocycles. The van der Waals surface area contributed by atoms with Crippen LogP contribution in [0.4, 0.5) is 15.8 Å². The quantitative estimate of drug-likeness (QED) is 0.587. The number of nitrogens with one attached hydrogen (secondary N) is 1. The third kappa shape index (κ3) is 2.88. The fraction of sp³-hybridized carbons (Fsp3) is 0.158. The monoisotopic (exact) mass is 349 g/mol. The molecule has 130 valence electrons. The zero-order chi connectivity index (χ0) is 18.1. The predicted octanol–water partition coefficient (Wildman–Crippen LogP) is 4.43. The lowest BCUT2D eigenvalue weighted by atomic mass is 10.1. The number of hydrogen-bond acceptors (Lipinski definition) is 6. The molecule has 0 saturated carbocycles. The third-order valence-electron chi connectivity index (χ3n) is 4.02. The summed E-state index contributed by atoms with van der Waals surface area (Å²) in [5, 5.41) is 7.83. The first-order valence-corrected chi connectivity index (χ1v) is 8.26. The van der Waals surface area contributed by atoms with Crippen molar-refractivity contribution in [1.29, 1.82) is 0 Å². The lowest BCUT2D eigenvalue weighted by Gasteiger charge is -2.13. The molecule has 0 saturated heterocycles. The molecule has 0 unspecified atom stereocenters. The highest BCUT2D eigenvalue weighted by Gasteiger charge is 2.18. The first-order valence-electron chi connectivity index (χ1n) is 8.26. The van der Waals surface area contributed by atoms with Gasteiger partial charge in [0.05, 0.1) is 16.9 Å². The van der Waals surface area contributed by atoms with Crippen LogP contribution in [-0.4, -0.2) is 20.1 Å². The Hall–Kier alpha value is -3.35. The maximum atomic E-state index is 14.2. The average Bonchev–Trinajstić information content (AvgIpc) is 3.12. The van der Waals surface area contributed by atoms with Gasteiger partial charge < -0.3 is 9.84 Å². The summed E-state index contributed by atoms with van der Waals surface area (Å²) in [6, 6.07) is 10.2. The highest BCUT2D eigenvalue weighted by Crippen LogP contribution is 2.35. The molecule has 3 heterocycles. The Kier molecular flexibility index (Phi) is 4.04. The van der Waals surface area contributed by atoms with E-state index in [4.69, 9.17) is 4.52 Å². The van der Waals surface area contributed by atoms with Crippen molar-refractivity contribution >= 4 is 22.4 Å². The minimum atomic E-state index is -0.358. The normalized spacial score (nSPS) is 11.0. The first-order chi connectivity index (χ1) is 12.7. The molecule has 1 aromatic carbocycles. The second-order valence-corrected chi connectivity index (χ2v) is 5.84. The number of aromatic nitrogens is 4. The Morgan fingerprint density at radius 1 is 1.12 bits per heavy atom. The molecule has 26 heavy (non-hydrogen) atoms. The van der Waals surface area contributed by atoms with Crippen molar-refractivity contribution in [3.63, 3.8) is 0 Å². The molecule has 7 heteroatoms. The average molecular weight is 349 g/mol. The summed E-state index contributed by atoms with van der Waals surface area (Å²) in [6.45, 7) is 3.84. The van der Waals surface area contributed by atoms with E-state index in [9.17, 15) is 4.39 Å². The number of nitrogens with zero attached hydrogens (tertiary/aromatic N) is 4. The van der Waals surface area contributed by atoms with Crippen LogP contribution in [0.2, 0.25) is 0 Å². The van der Waals surface area contributed by atoms with Gasteiger partial charge in [0.1, 0.15) is 5.82 Å². The van der Waals surface area contributed by atoms with E-state index in [1.54, 1.807) is 24.4 Å². The number of aryl methyl sites for hydroxylation is 2. The largest absolute Gasteiger partial charge is 0.352 e. The minimum Gasteiger partial charge on any atom is -0.352 e. The Balaban J connectivity index is 1.93. The molecule has 0 bridgehead atoms. The van der Waals surface area contributed by atoms with Gasteiger partial charge in [-0.2, -0.15) is 4.98 Å². The van der Waals surface area contributed by atoms with Crippen molar-refractivity contribution in [3.05, 3.63) is 59.9 Å². The summed E-state index contributed by atoms with van der Waals surface area (Å²) >= 11 is 0. The zero-order valence-corrected chi connectivity index (χ0v) is 14.3. The van der Waals surface area contributed by atoms with Crippen LogP contribution in [0, 0.1) is 12.7 Å². The Bertz CT molecular complexity index is 1090. The molecule has 0 aliphatic rings. The van der Waals surface area contributed by atoms with Gasteiger partial charge in [0.15, 0.2) is 11.5 Å². The predicted molar refractivity (Wildman–Crippen MR) is 96.6 cm³/mol. The van der Waals surface area contributed by atoms with Crippen molar-refractivity contribution in [2.24, 2.45) is 0 Å². The number of fused-ring (bicyclic) bond motifs is 1. The maximum absolute atomic E-state index is 14.2. The molecule has 3 aromatic heterocycles. The summed E-state index contributed by atoms with van der Waals surface area (Å²) < 4.78 is 19.6. The summed E-state index contributed by atoms with van der Waals surface area (Å²) in [5.74, 6) is 0.567. The van der Waals surface area contributed by atoms with Crippen LogP contribution in [0.5, 0.6) is 0 Å². The van der Waals surface area contributed by atoms with E-state index >= 15 is 0 Å². The highest BCUT2D eigenvalue weighted by molar-refractivity contribution is 5.98. The van der Waals surface area contributed by atoms with Crippen molar-refractivity contribution < 1.29 is 8.91 Å². The second-order valence-electron chi connectivity index (χ2n) is 5.84. The molecule has 0 atom stereocenters. The Morgan fingerprint density at radius 3 is 2.73 bits per heavy atom. The van der Waals surface area contributed by atoms with E-state index in [-0.39, 0.29) is 5.82 Å². The number of para-hydroxylation sites is 1. The lowest BCUT2D eigenvalue weighted by Crippen LogP contribution is -2.00. The van der Waals surface area contributed by atoms with Gasteiger partial charge in [0.2, 0.25) is 0 Å². The SMILES string of the molecule is CCc1noc(-c2cnc3nc(C)ccc3c2Nc2ccccc2F)n1. The Morgan fingerprint density at radius 2 is 1.96 bits per heavy atom. The summed E-state index contributed by atoms with van der Waals surface area (Å²) in [7, 11) is 0. The van der Waals surface area contributed by atoms with Gasteiger partial charge in [-0.05, 0) is 31.2 Å². The zero-order valence-electron chi connectivity index (χ0n) is 14.3. The van der Waals surface area contributed by atoms with Crippen LogP contribution in [0.3, 0.4) is 0 Å². The number of pyridine rings is 2. The smallest absolute Gasteiger partial charge is 0.261 e. The van der Waals surface area contributed by atoms with Gasteiger partial charge in [0, 0.05) is 23.7 Å². The van der Waals surface area contributed by atoms with E-state index in [1.165, 1.54) is 6.07 Å². The topological polar surface area (TPSA) is 76.7 Å². The molecule has 0 amide bonds. The fourth-order valence-corrected chi connectivity index (χ4v) is 2.67. The molecule has 0 radical (unpaired) electrons. The summed E-state index contributed by atoms with van der Waals surface area (Å²) in [4.78, 5) is 13.2. The number of rotatable bonds is 4. The van der Waals surface area contributed by atoms with Crippen LogP contribution >= 0.6 is 0 Å². The molecule has 1 N–H and O–H groups in total. The molecular formula is C19H16FN5O. The third-order valence-corrected chi connectivity index (χ3v) is 4.02. The van der Waals surface area contributed by atoms with Gasteiger partial charge in [-0.1, -0.05) is 24.2 Å². The van der Waals surface area contributed by atoms with Gasteiger partial charge in [0.25, 0.3) is 5.89 Å². The summed E-state index contributed by atoms with van der Waals surface area (Å²) in [5.41, 5.74) is 2.97. The highest BCUT2D eigenvalue weighted by atomic mass is 19.1. The molecule has 4 aromatic rings. The van der Waals surface area contributed by atoms with Crippen LogP contribution in [0.15, 0.2) is 47.1 Å². The van der Waals surface area contributed by atoms with Gasteiger partial charge in [-0.25, -0.2) is 14.4 Å². The molecule has 0 fully saturated rings. The van der Waals surface area contributed by atoms with Crippen LogP contribution in [-0.2, 0) is 6.42 Å². The molecule has 4 rings (SSSR count). The molecule has 0 spiro atoms. The standard InChI is InChI=1S/C19H16FN5O/c1-3-16-24-19(26-25-16)13-10-21-18-12(9-8-11(2)22-18)17(13)23-15-7-5-4-6-14(15)20/h4-10H,3H2,1-2H3,(H,21,22,23). The fourth-order valence-electron chi connectivity index (χ4n) is 2.67. The van der Waals surface area contributed by atoms with Crippen LogP contribution in [0.1, 0.15) is 18.4 Å². The van der Waals surface area contributed by atoms with Crippen LogP contribution < -0.4 is 5.32 Å². The number of benzene rings is 1. The summed E-state index contributed by atoms with van der Waals surface area (Å²) in [6.07, 6.45) is 2.27. The van der Waals surface area contributed by atoms with E-state index < -0.39 is 0 Å². The van der Waals surface area contributed by atoms with Gasteiger partial charge >= 0.3 is 0 Å². The lowest BCUT2D eigenvalue weighted by molar-refractivity contribution is 0.423. The van der Waals surface area contributed by atoms with Crippen molar-refractivity contribution in [1.82, 2.24) is 20.1 Å². The van der Waals surface area contributed by atoms with Crippen molar-refractivity contribution in [2.45, 2.75) is 20.3 Å². The first kappa shape index (κ1) is 16.1. The second kappa shape index (κ2) is 6.51. The molecule has 6 nitrogen and oxygen atoms in total. The minimum absolute atomic E-state index is 0.329. The van der Waals surface area contributed by atoms with E-state index in [1.807, 2.05) is 26.0 Å². The van der Waals surface area contributed by atoms with Gasteiger partial charge in [-0.15, -0.1) is 0 Å². The maximum Gasteiger partial charge on any atom is 0.261 e.